The summed E-state index contributed by atoms with van der Waals surface area (Å²) < 4.78 is 111. The highest BCUT2D eigenvalue weighted by atomic mass is 19.3. The molecule has 530 valence electrons. The molecule has 4 aliphatic rings. The molecule has 0 radical (unpaired) electrons. The molecular weight excluding hydrogens is 1320 g/mol. The summed E-state index contributed by atoms with van der Waals surface area (Å²) in [6, 6.07) is 21.0. The average Bonchev–Trinajstić information content (AvgIpc) is 1.20. The highest BCUT2D eigenvalue weighted by molar-refractivity contribution is 5.89. The van der Waals surface area contributed by atoms with E-state index in [-0.39, 0.29) is 59.8 Å². The lowest BCUT2D eigenvalue weighted by atomic mass is 10.0. The zero-order valence-electron chi connectivity index (χ0n) is 56.3. The summed E-state index contributed by atoms with van der Waals surface area (Å²) in [5.74, 6) is 1.23. The van der Waals surface area contributed by atoms with Gasteiger partial charge in [-0.3, -0.25) is 18.5 Å². The molecule has 1 amide bonds. The molecule has 0 bridgehead atoms. The van der Waals surface area contributed by atoms with Gasteiger partial charge in [0.05, 0.1) is 104 Å². The van der Waals surface area contributed by atoms with Crippen molar-refractivity contribution in [2.45, 2.75) is 97.7 Å². The van der Waals surface area contributed by atoms with Gasteiger partial charge < -0.3 is 52.6 Å². The molecule has 1 N–H and O–H groups in total. The summed E-state index contributed by atoms with van der Waals surface area (Å²) >= 11 is 0. The number of imidazole rings is 6. The van der Waals surface area contributed by atoms with Gasteiger partial charge in [0.25, 0.3) is 19.3 Å². The van der Waals surface area contributed by atoms with Crippen molar-refractivity contribution >= 4 is 90.3 Å². The van der Waals surface area contributed by atoms with Crippen molar-refractivity contribution < 1.29 is 50.5 Å². The van der Waals surface area contributed by atoms with Crippen molar-refractivity contribution in [2.75, 3.05) is 113 Å². The van der Waals surface area contributed by atoms with Gasteiger partial charge in [-0.1, -0.05) is 57.2 Å². The molecule has 27 nitrogen and oxygen atoms in total. The molecule has 0 aliphatic carbocycles. The number of anilines is 3. The third kappa shape index (κ3) is 13.2. The number of aromatic nitrogens is 18. The van der Waals surface area contributed by atoms with Crippen LogP contribution in [-0.2, 0) is 19.0 Å². The van der Waals surface area contributed by atoms with E-state index in [2.05, 4.69) is 53.7 Å². The van der Waals surface area contributed by atoms with Gasteiger partial charge in [0, 0.05) is 70.4 Å². The first-order valence-electron chi connectivity index (χ1n) is 34.0. The summed E-state index contributed by atoms with van der Waals surface area (Å²) in [6.07, 6.45) is -0.162. The fraction of sp³-hybridized carbons (Fsp3) is 0.456. The van der Waals surface area contributed by atoms with Gasteiger partial charge in [0.2, 0.25) is 23.8 Å². The highest BCUT2D eigenvalue weighted by Crippen LogP contribution is 2.37. The number of fused-ring (bicyclic) bond motifs is 6. The number of nitrogens with zero attached hydrogens (tertiary/aromatic N) is 22. The minimum absolute atomic E-state index is 0.0102. The van der Waals surface area contributed by atoms with Crippen LogP contribution in [-0.4, -0.2) is 202 Å². The molecule has 16 rings (SSSR count). The Bertz CT molecular complexity index is 4720. The van der Waals surface area contributed by atoms with E-state index in [1.165, 1.54) is 13.7 Å². The minimum atomic E-state index is -2.80. The van der Waals surface area contributed by atoms with Crippen LogP contribution in [0.15, 0.2) is 91.8 Å². The molecule has 9 aromatic heterocycles. The normalized spacial score (nSPS) is 16.7. The number of benzene rings is 3. The number of morpholine rings is 3. The van der Waals surface area contributed by atoms with E-state index in [9.17, 15) is 36.2 Å². The monoisotopic (exact) mass is 1390 g/mol. The third-order valence-electron chi connectivity index (χ3n) is 19.0. The molecule has 3 atom stereocenters. The largest absolute Gasteiger partial charge is 0.394 e. The predicted octanol–water partition coefficient (Wildman–Crippen LogP) is 10.6. The molecule has 0 spiro atoms. The van der Waals surface area contributed by atoms with Crippen molar-refractivity contribution in [1.82, 2.24) is 92.1 Å². The molecule has 4 aliphatic heterocycles. The van der Waals surface area contributed by atoms with Crippen molar-refractivity contribution in [3.05, 3.63) is 109 Å². The van der Waals surface area contributed by atoms with Crippen LogP contribution >= 0.6 is 0 Å². The molecule has 4 fully saturated rings. The standard InChI is InChI=1S/C27H32F2N8O2.C21H23F2N7O.C20H21F2N7O2/c1-3-17(2)26(38)34-10-8-18(9-11-34)36-16-30-21-23(36)32-27(35-12-14-39-15-13-35)33-24(21)37-20-7-5-4-6-19(20)31-25(37)22(28)29;1-3-13(2)29-12-24-16-18(29)26-21(28-8-10-31-11-9-28)27-19(16)30-15-7-5-4-6-14(15)25-20(30)17(22)23;1-12(10-30)28-11-23-15-17(28)25-20(27-6-8-31-9-7-27)26-18(15)29-14-5-3-2-4-13(14)24-19(29)16(21)22/h4-7,16-18,22H,3,8-15H2,1-2H3;4-7,12-13,17H,3,8-11H2,1-2H3;2-5,11-12,16,30H,6-10H2,1H3. The van der Waals surface area contributed by atoms with Crippen molar-refractivity contribution in [1.29, 1.82) is 0 Å². The molecule has 13 heterocycles. The Morgan fingerprint density at radius 2 is 0.822 bits per heavy atom. The maximum atomic E-state index is 14.3. The fourth-order valence-corrected chi connectivity index (χ4v) is 13.1. The van der Waals surface area contributed by atoms with Crippen molar-refractivity contribution in [3.63, 3.8) is 0 Å². The van der Waals surface area contributed by atoms with Crippen LogP contribution in [0.5, 0.6) is 0 Å². The first-order chi connectivity index (χ1) is 49.1. The maximum Gasteiger partial charge on any atom is 0.296 e. The second kappa shape index (κ2) is 29.3. The summed E-state index contributed by atoms with van der Waals surface area (Å²) in [5, 5.41) is 9.66. The number of carbonyl (C=O) groups is 1. The number of aliphatic hydroxyl groups excluding tert-OH is 1. The number of hydrogen-bond acceptors (Lipinski definition) is 20. The number of ether oxygens (including phenoxy) is 3. The lowest BCUT2D eigenvalue weighted by Gasteiger charge is -2.34. The summed E-state index contributed by atoms with van der Waals surface area (Å²) in [7, 11) is 0. The van der Waals surface area contributed by atoms with Crippen LogP contribution in [0.25, 0.3) is 84.0 Å². The maximum absolute atomic E-state index is 14.3. The quantitative estimate of drug-likeness (QED) is 0.0881. The average molecular weight is 1400 g/mol. The van der Waals surface area contributed by atoms with Crippen LogP contribution in [0.2, 0.25) is 0 Å². The highest BCUT2D eigenvalue weighted by Gasteiger charge is 2.33. The Labute approximate surface area is 574 Å². The molecule has 12 aromatic rings. The van der Waals surface area contributed by atoms with Crippen LogP contribution < -0.4 is 14.7 Å². The first kappa shape index (κ1) is 68.2. The van der Waals surface area contributed by atoms with E-state index in [1.807, 2.05) is 49.5 Å². The molecule has 3 aromatic carbocycles. The number of piperidine rings is 1. The summed E-state index contributed by atoms with van der Waals surface area (Å²) in [5.41, 5.74) is 5.95. The van der Waals surface area contributed by atoms with Gasteiger partial charge in [0.15, 0.2) is 68.4 Å². The topological polar surface area (TPSA) is 262 Å². The van der Waals surface area contributed by atoms with Crippen molar-refractivity contribution in [3.8, 4) is 17.5 Å². The number of halogens is 6. The Kier molecular flexibility index (Phi) is 19.8. The number of para-hydroxylation sites is 6. The second-order valence-electron chi connectivity index (χ2n) is 25.3. The Balaban J connectivity index is 0.000000130. The van der Waals surface area contributed by atoms with Crippen LogP contribution in [0, 0.1) is 5.92 Å². The van der Waals surface area contributed by atoms with Gasteiger partial charge in [-0.2, -0.15) is 29.9 Å². The van der Waals surface area contributed by atoms with E-state index in [1.54, 1.807) is 96.3 Å². The Morgan fingerprint density at radius 1 is 0.465 bits per heavy atom. The molecule has 101 heavy (non-hydrogen) atoms. The number of alkyl halides is 6. The van der Waals surface area contributed by atoms with Crippen LogP contribution in [0.4, 0.5) is 44.2 Å². The Hall–Kier alpha value is -9.99. The molecule has 33 heteroatoms. The SMILES string of the molecule is CC(CO)n1cnc2c(-n3c(C(F)F)nc4ccccc43)nc(N3CCOCC3)nc21.CCC(C)C(=O)N1CCC(n2cnc3c(-n4c(C(F)F)nc5ccccc54)nc(N4CCOCC4)nc32)CC1.CCC(C)n1cnc2c(-n3c(C(F)F)nc4ccccc43)nc(N3CCOCC3)nc21. The first-order valence-corrected chi connectivity index (χ1v) is 34.0. The fourth-order valence-electron chi connectivity index (χ4n) is 13.1. The zero-order valence-corrected chi connectivity index (χ0v) is 56.3. The number of amides is 1. The summed E-state index contributed by atoms with van der Waals surface area (Å²) in [6.45, 7) is 18.1. The van der Waals surface area contributed by atoms with Gasteiger partial charge in [-0.05, 0) is 75.9 Å². The van der Waals surface area contributed by atoms with E-state index < -0.39 is 25.1 Å². The lowest BCUT2D eigenvalue weighted by molar-refractivity contribution is -0.136. The number of hydrogen-bond donors (Lipinski definition) is 1. The van der Waals surface area contributed by atoms with E-state index in [0.717, 1.165) is 25.7 Å². The minimum Gasteiger partial charge on any atom is -0.394 e. The Morgan fingerprint density at radius 3 is 1.19 bits per heavy atom. The number of likely N-dealkylation sites (tertiary alicyclic amines) is 1. The number of rotatable bonds is 16. The van der Waals surface area contributed by atoms with Gasteiger partial charge in [-0.15, -0.1) is 0 Å². The second-order valence-corrected chi connectivity index (χ2v) is 25.3. The number of aliphatic hydroxyl groups is 1. The van der Waals surface area contributed by atoms with E-state index in [0.29, 0.717) is 182 Å². The van der Waals surface area contributed by atoms with Crippen molar-refractivity contribution in [2.24, 2.45) is 5.92 Å². The zero-order chi connectivity index (χ0) is 70.2. The van der Waals surface area contributed by atoms with Gasteiger partial charge in [-0.25, -0.2) is 56.2 Å². The summed E-state index contributed by atoms with van der Waals surface area (Å²) in [4.78, 5) is 75.4. The molecule has 3 unspecified atom stereocenters. The van der Waals surface area contributed by atoms with Gasteiger partial charge >= 0.3 is 0 Å². The predicted molar refractivity (Wildman–Crippen MR) is 365 cm³/mol. The molecule has 4 saturated heterocycles. The van der Waals surface area contributed by atoms with E-state index in [4.69, 9.17) is 34.1 Å². The third-order valence-corrected chi connectivity index (χ3v) is 19.0. The van der Waals surface area contributed by atoms with E-state index >= 15 is 0 Å². The van der Waals surface area contributed by atoms with Crippen LogP contribution in [0.3, 0.4) is 0 Å². The molecular formula is C68H76F6N22O5. The lowest BCUT2D eigenvalue weighted by Crippen LogP contribution is -2.41. The van der Waals surface area contributed by atoms with Crippen LogP contribution in [0.1, 0.15) is 115 Å². The number of carbonyl (C=O) groups excluding carboxylic acids is 1. The van der Waals surface area contributed by atoms with Gasteiger partial charge in [0.1, 0.15) is 0 Å². The smallest absolute Gasteiger partial charge is 0.296 e. The molecule has 0 saturated carbocycles.